The van der Waals surface area contributed by atoms with Crippen molar-refractivity contribution >= 4 is 32.8 Å². The highest BCUT2D eigenvalue weighted by molar-refractivity contribution is 7.89. The van der Waals surface area contributed by atoms with Crippen molar-refractivity contribution in [1.82, 2.24) is 24.6 Å². The number of rotatable bonds is 7. The summed E-state index contributed by atoms with van der Waals surface area (Å²) in [5, 5.41) is 3.78. The lowest BCUT2D eigenvalue weighted by molar-refractivity contribution is -0.125. The predicted molar refractivity (Wildman–Crippen MR) is 125 cm³/mol. The van der Waals surface area contributed by atoms with Crippen LogP contribution in [0.4, 0.5) is 5.82 Å². The zero-order valence-electron chi connectivity index (χ0n) is 19.0. The van der Waals surface area contributed by atoms with Crippen molar-refractivity contribution in [3.05, 3.63) is 18.6 Å². The van der Waals surface area contributed by atoms with E-state index in [9.17, 15) is 13.2 Å². The number of sulfonamides is 1. The van der Waals surface area contributed by atoms with E-state index in [0.29, 0.717) is 19.0 Å². The van der Waals surface area contributed by atoms with Crippen molar-refractivity contribution in [2.24, 2.45) is 11.8 Å². The minimum atomic E-state index is -3.46. The zero-order valence-corrected chi connectivity index (χ0v) is 19.8. The number of carbonyl (C=O) groups excluding carboxylic acids is 1. The van der Waals surface area contributed by atoms with Crippen molar-refractivity contribution in [3.8, 4) is 0 Å². The Labute approximate surface area is 190 Å². The molecule has 4 rings (SSSR count). The van der Waals surface area contributed by atoms with Gasteiger partial charge >= 0.3 is 0 Å². The van der Waals surface area contributed by atoms with E-state index in [1.54, 1.807) is 4.31 Å². The van der Waals surface area contributed by atoms with E-state index in [-0.39, 0.29) is 30.2 Å². The number of aromatic nitrogens is 3. The number of hydrogen-bond donors (Lipinski definition) is 2. The molecule has 3 heterocycles. The monoisotopic (exact) mass is 462 g/mol. The Hall–Kier alpha value is -2.20. The van der Waals surface area contributed by atoms with Gasteiger partial charge in [0.15, 0.2) is 0 Å². The van der Waals surface area contributed by atoms with Gasteiger partial charge in [-0.1, -0.05) is 26.2 Å². The first kappa shape index (κ1) is 23.0. The fourth-order valence-electron chi connectivity index (χ4n) is 5.01. The highest BCUT2D eigenvalue weighted by Gasteiger charge is 2.35. The van der Waals surface area contributed by atoms with Crippen LogP contribution in [0.5, 0.6) is 0 Å². The van der Waals surface area contributed by atoms with Gasteiger partial charge in [-0.3, -0.25) is 4.79 Å². The maximum atomic E-state index is 13.1. The van der Waals surface area contributed by atoms with Crippen molar-refractivity contribution in [1.29, 1.82) is 0 Å². The second-order valence-corrected chi connectivity index (χ2v) is 11.3. The average Bonchev–Trinajstić information content (AvgIpc) is 3.28. The molecule has 2 aromatic rings. The third-order valence-electron chi connectivity index (χ3n) is 7.07. The molecule has 0 bridgehead atoms. The van der Waals surface area contributed by atoms with Crippen molar-refractivity contribution in [3.63, 3.8) is 0 Å². The van der Waals surface area contributed by atoms with Crippen LogP contribution in [0, 0.1) is 11.8 Å². The molecule has 2 aliphatic rings. The van der Waals surface area contributed by atoms with Gasteiger partial charge in [-0.2, -0.15) is 4.31 Å². The average molecular weight is 463 g/mol. The van der Waals surface area contributed by atoms with E-state index in [1.165, 1.54) is 12.7 Å². The van der Waals surface area contributed by atoms with Crippen LogP contribution in [0.1, 0.15) is 45.4 Å². The molecule has 0 spiro atoms. The van der Waals surface area contributed by atoms with Crippen LogP contribution in [-0.2, 0) is 14.8 Å². The van der Waals surface area contributed by atoms with Gasteiger partial charge in [0.2, 0.25) is 15.9 Å². The number of amides is 1. The van der Waals surface area contributed by atoms with Gasteiger partial charge in [-0.25, -0.2) is 18.4 Å². The summed E-state index contributed by atoms with van der Waals surface area (Å²) in [5.74, 6) is 1.10. The molecule has 2 atom stereocenters. The molecule has 1 aliphatic carbocycles. The summed E-state index contributed by atoms with van der Waals surface area (Å²) in [7, 11) is -1.49. The lowest BCUT2D eigenvalue weighted by Crippen LogP contribution is -2.53. The quantitative estimate of drug-likeness (QED) is 0.652. The molecular weight excluding hydrogens is 428 g/mol. The number of nitrogens with zero attached hydrogens (tertiary/aromatic N) is 4. The molecule has 176 valence electrons. The smallest absolute Gasteiger partial charge is 0.223 e. The van der Waals surface area contributed by atoms with Crippen molar-refractivity contribution in [2.45, 2.75) is 51.5 Å². The van der Waals surface area contributed by atoms with Crippen molar-refractivity contribution in [2.75, 3.05) is 37.3 Å². The van der Waals surface area contributed by atoms with E-state index < -0.39 is 10.0 Å². The largest absolute Gasteiger partial charge is 0.355 e. The summed E-state index contributed by atoms with van der Waals surface area (Å²) in [6.45, 7) is 3.24. The molecule has 1 saturated carbocycles. The fourth-order valence-corrected chi connectivity index (χ4v) is 6.40. The first-order chi connectivity index (χ1) is 15.4. The Morgan fingerprint density at radius 3 is 2.81 bits per heavy atom. The van der Waals surface area contributed by atoms with E-state index in [4.69, 9.17) is 0 Å². The summed E-state index contributed by atoms with van der Waals surface area (Å²) in [4.78, 5) is 26.2. The number of anilines is 1. The number of H-pyrrole nitrogens is 1. The summed E-state index contributed by atoms with van der Waals surface area (Å²) >= 11 is 0. The number of likely N-dealkylation sites (N-methyl/N-ethyl adjacent to an activating group) is 1. The topological polar surface area (TPSA) is 111 Å². The van der Waals surface area contributed by atoms with Gasteiger partial charge < -0.3 is 15.2 Å². The first-order valence-corrected chi connectivity index (χ1v) is 13.2. The molecule has 1 saturated heterocycles. The van der Waals surface area contributed by atoms with E-state index >= 15 is 0 Å². The van der Waals surface area contributed by atoms with Gasteiger partial charge in [0.05, 0.1) is 11.1 Å². The van der Waals surface area contributed by atoms with Crippen LogP contribution < -0.4 is 10.2 Å². The Balaban J connectivity index is 1.38. The summed E-state index contributed by atoms with van der Waals surface area (Å²) in [5.41, 5.74) is 0.767. The second kappa shape index (κ2) is 9.74. The predicted octanol–water partition coefficient (Wildman–Crippen LogP) is 2.13. The van der Waals surface area contributed by atoms with E-state index in [0.717, 1.165) is 49.0 Å². The minimum Gasteiger partial charge on any atom is -0.355 e. The van der Waals surface area contributed by atoms with E-state index in [2.05, 4.69) is 32.1 Å². The molecule has 2 fully saturated rings. The lowest BCUT2D eigenvalue weighted by atomic mass is 9.89. The number of hydrogen-bond acceptors (Lipinski definition) is 6. The van der Waals surface area contributed by atoms with Crippen LogP contribution in [0.15, 0.2) is 18.6 Å². The van der Waals surface area contributed by atoms with Gasteiger partial charge in [-0.15, -0.1) is 0 Å². The molecule has 1 aliphatic heterocycles. The third kappa shape index (κ3) is 4.91. The molecular formula is C22H34N6O3S. The molecule has 0 radical (unpaired) electrons. The van der Waals surface area contributed by atoms with Crippen LogP contribution >= 0.6 is 0 Å². The standard InChI is InChI=1S/C22H34N6O3S/c1-16-9-12-28(32(30,31)13-11-24-22(29)17-6-4-3-5-7-17)14-19(16)27(2)21-18-8-10-23-20(18)25-15-26-21/h8,10,15-17,19H,3-7,9,11-14H2,1-2H3,(H,24,29)(H,23,25,26). The zero-order chi connectivity index (χ0) is 22.7. The molecule has 1 amide bonds. The number of nitrogens with one attached hydrogen (secondary N) is 2. The fraction of sp³-hybridized carbons (Fsp3) is 0.682. The highest BCUT2D eigenvalue weighted by Crippen LogP contribution is 2.29. The molecule has 9 nitrogen and oxygen atoms in total. The lowest BCUT2D eigenvalue weighted by Gasteiger charge is -2.41. The van der Waals surface area contributed by atoms with Crippen molar-refractivity contribution < 1.29 is 13.2 Å². The SMILES string of the molecule is CC1CCN(S(=O)(=O)CCNC(=O)C2CCCCC2)CC1N(C)c1ncnc2[nH]ccc12. The Morgan fingerprint density at radius 1 is 1.25 bits per heavy atom. The molecule has 2 unspecified atom stereocenters. The maximum Gasteiger partial charge on any atom is 0.223 e. The first-order valence-electron chi connectivity index (χ1n) is 11.6. The number of fused-ring (bicyclic) bond motifs is 1. The summed E-state index contributed by atoms with van der Waals surface area (Å²) < 4.78 is 27.7. The summed E-state index contributed by atoms with van der Waals surface area (Å²) in [6.07, 6.45) is 9.32. The number of aromatic amines is 1. The summed E-state index contributed by atoms with van der Waals surface area (Å²) in [6, 6.07) is 1.95. The molecule has 0 aromatic carbocycles. The number of carbonyl (C=O) groups is 1. The highest BCUT2D eigenvalue weighted by atomic mass is 32.2. The Bertz CT molecular complexity index is 1030. The Kier molecular flexibility index (Phi) is 6.99. The molecule has 32 heavy (non-hydrogen) atoms. The molecule has 2 N–H and O–H groups in total. The third-order valence-corrected chi connectivity index (χ3v) is 8.91. The van der Waals surface area contributed by atoms with Crippen LogP contribution in [-0.4, -0.2) is 72.1 Å². The van der Waals surface area contributed by atoms with Gasteiger partial charge in [0, 0.05) is 44.8 Å². The normalized spacial score (nSPS) is 23.3. The minimum absolute atomic E-state index is 0.00311. The van der Waals surface area contributed by atoms with Gasteiger partial charge in [-0.05, 0) is 31.2 Å². The Morgan fingerprint density at radius 2 is 2.03 bits per heavy atom. The van der Waals surface area contributed by atoms with Gasteiger partial charge in [0.1, 0.15) is 17.8 Å². The number of piperidine rings is 1. The van der Waals surface area contributed by atoms with Crippen LogP contribution in [0.25, 0.3) is 11.0 Å². The van der Waals surface area contributed by atoms with Gasteiger partial charge in [0.25, 0.3) is 0 Å². The van der Waals surface area contributed by atoms with Crippen LogP contribution in [0.3, 0.4) is 0 Å². The molecule has 10 heteroatoms. The maximum absolute atomic E-state index is 13.1. The van der Waals surface area contributed by atoms with E-state index in [1.807, 2.05) is 19.3 Å². The van der Waals surface area contributed by atoms with Crippen LogP contribution in [0.2, 0.25) is 0 Å². The second-order valence-electron chi connectivity index (χ2n) is 9.18. The molecule has 2 aromatic heterocycles.